The summed E-state index contributed by atoms with van der Waals surface area (Å²) in [7, 11) is 0. The minimum Gasteiger partial charge on any atom is -0.389 e. The van der Waals surface area contributed by atoms with E-state index in [1.807, 2.05) is 0 Å². The third-order valence-corrected chi connectivity index (χ3v) is 4.82. The van der Waals surface area contributed by atoms with Gasteiger partial charge in [0, 0.05) is 19.6 Å². The van der Waals surface area contributed by atoms with Gasteiger partial charge in [0.15, 0.2) is 0 Å². The molecule has 3 atom stereocenters. The first-order valence-corrected chi connectivity index (χ1v) is 7.43. The number of hydrogen-bond acceptors (Lipinski definition) is 2. The Labute approximate surface area is 117 Å². The van der Waals surface area contributed by atoms with Crippen molar-refractivity contribution in [2.45, 2.75) is 39.8 Å². The fraction of sp³-hybridized carbons (Fsp3) is 0.647. The predicted molar refractivity (Wildman–Crippen MR) is 79.8 cm³/mol. The van der Waals surface area contributed by atoms with Gasteiger partial charge in [-0.15, -0.1) is 0 Å². The molecule has 2 rings (SSSR count). The Hall–Kier alpha value is -0.860. The molecule has 19 heavy (non-hydrogen) atoms. The summed E-state index contributed by atoms with van der Waals surface area (Å²) in [5.41, 5.74) is 0.838. The van der Waals surface area contributed by atoms with Gasteiger partial charge in [0.25, 0.3) is 0 Å². The number of rotatable bonds is 3. The minimum absolute atomic E-state index is 0.316. The zero-order valence-electron chi connectivity index (χ0n) is 12.6. The Morgan fingerprint density at radius 2 is 1.68 bits per heavy atom. The highest BCUT2D eigenvalue weighted by Crippen LogP contribution is 2.38. The lowest BCUT2D eigenvalue weighted by atomic mass is 9.68. The van der Waals surface area contributed by atoms with Crippen LogP contribution in [0.25, 0.3) is 0 Å². The molecule has 1 aliphatic heterocycles. The average Bonchev–Trinajstić information content (AvgIpc) is 2.36. The van der Waals surface area contributed by atoms with Crippen LogP contribution >= 0.6 is 0 Å². The Morgan fingerprint density at radius 1 is 1.16 bits per heavy atom. The van der Waals surface area contributed by atoms with E-state index in [4.69, 9.17) is 0 Å². The highest BCUT2D eigenvalue weighted by Gasteiger charge is 2.46. The Balaban J connectivity index is 2.06. The summed E-state index contributed by atoms with van der Waals surface area (Å²) in [6.45, 7) is 11.6. The van der Waals surface area contributed by atoms with Crippen molar-refractivity contribution in [2.24, 2.45) is 17.8 Å². The lowest BCUT2D eigenvalue weighted by Gasteiger charge is -2.50. The minimum atomic E-state index is -0.521. The van der Waals surface area contributed by atoms with E-state index < -0.39 is 5.60 Å². The van der Waals surface area contributed by atoms with Crippen LogP contribution in [-0.2, 0) is 6.54 Å². The quantitative estimate of drug-likeness (QED) is 0.903. The zero-order valence-corrected chi connectivity index (χ0v) is 12.6. The van der Waals surface area contributed by atoms with E-state index in [2.05, 4.69) is 62.9 Å². The first-order chi connectivity index (χ1) is 8.94. The smallest absolute Gasteiger partial charge is 0.0745 e. The van der Waals surface area contributed by atoms with E-state index in [-0.39, 0.29) is 0 Å². The number of aliphatic hydroxyl groups is 1. The normalized spacial score (nSPS) is 32.7. The molecule has 0 aromatic heterocycles. The van der Waals surface area contributed by atoms with Crippen LogP contribution < -0.4 is 0 Å². The van der Waals surface area contributed by atoms with Crippen molar-refractivity contribution in [1.29, 1.82) is 0 Å². The summed E-state index contributed by atoms with van der Waals surface area (Å²) < 4.78 is 0. The summed E-state index contributed by atoms with van der Waals surface area (Å²) in [5, 5.41) is 10.9. The molecule has 1 saturated heterocycles. The lowest BCUT2D eigenvalue weighted by molar-refractivity contribution is -0.137. The van der Waals surface area contributed by atoms with E-state index in [0.29, 0.717) is 17.8 Å². The topological polar surface area (TPSA) is 23.5 Å². The Bertz CT molecular complexity index is 389. The second-order valence-electron chi connectivity index (χ2n) is 6.52. The third-order valence-electron chi connectivity index (χ3n) is 4.82. The molecule has 1 heterocycles. The van der Waals surface area contributed by atoms with Crippen LogP contribution in [0.15, 0.2) is 30.3 Å². The number of likely N-dealkylation sites (tertiary alicyclic amines) is 1. The van der Waals surface area contributed by atoms with Crippen LogP contribution in [0, 0.1) is 17.8 Å². The van der Waals surface area contributed by atoms with Crippen LogP contribution in [0.4, 0.5) is 0 Å². The van der Waals surface area contributed by atoms with Gasteiger partial charge >= 0.3 is 0 Å². The van der Waals surface area contributed by atoms with Crippen molar-refractivity contribution >= 4 is 0 Å². The molecule has 1 aromatic carbocycles. The van der Waals surface area contributed by atoms with Crippen molar-refractivity contribution in [2.75, 3.05) is 13.1 Å². The van der Waals surface area contributed by atoms with Crippen molar-refractivity contribution in [3.8, 4) is 0 Å². The molecule has 1 aromatic rings. The monoisotopic (exact) mass is 261 g/mol. The largest absolute Gasteiger partial charge is 0.389 e. The highest BCUT2D eigenvalue weighted by atomic mass is 16.3. The molecular weight excluding hydrogens is 234 g/mol. The average molecular weight is 261 g/mol. The molecule has 0 bridgehead atoms. The fourth-order valence-corrected chi connectivity index (χ4v) is 3.74. The van der Waals surface area contributed by atoms with Gasteiger partial charge in [-0.3, -0.25) is 4.90 Å². The van der Waals surface area contributed by atoms with Gasteiger partial charge in [0.05, 0.1) is 5.60 Å². The Kier molecular flexibility index (Phi) is 4.32. The van der Waals surface area contributed by atoms with Crippen molar-refractivity contribution in [3.63, 3.8) is 0 Å². The third kappa shape index (κ3) is 2.85. The Morgan fingerprint density at radius 3 is 2.16 bits per heavy atom. The van der Waals surface area contributed by atoms with Gasteiger partial charge in [-0.25, -0.2) is 0 Å². The van der Waals surface area contributed by atoms with Gasteiger partial charge in [-0.2, -0.15) is 0 Å². The molecule has 1 fully saturated rings. The van der Waals surface area contributed by atoms with E-state index in [0.717, 1.165) is 19.6 Å². The van der Waals surface area contributed by atoms with Gasteiger partial charge in [-0.1, -0.05) is 58.0 Å². The molecule has 0 spiro atoms. The van der Waals surface area contributed by atoms with Gasteiger partial charge in [0.1, 0.15) is 0 Å². The lowest BCUT2D eigenvalue weighted by Crippen LogP contribution is -2.58. The molecule has 0 saturated carbocycles. The van der Waals surface area contributed by atoms with E-state index in [1.165, 1.54) is 5.56 Å². The van der Waals surface area contributed by atoms with E-state index >= 15 is 0 Å². The maximum atomic E-state index is 10.9. The maximum absolute atomic E-state index is 10.9. The summed E-state index contributed by atoms with van der Waals surface area (Å²) in [6, 6.07) is 10.6. The van der Waals surface area contributed by atoms with Gasteiger partial charge < -0.3 is 5.11 Å². The van der Waals surface area contributed by atoms with Crippen LogP contribution in [-0.4, -0.2) is 28.7 Å². The second kappa shape index (κ2) is 5.64. The molecule has 106 valence electrons. The summed E-state index contributed by atoms with van der Waals surface area (Å²) >= 11 is 0. The molecule has 0 unspecified atom stereocenters. The van der Waals surface area contributed by atoms with Crippen LogP contribution in [0.2, 0.25) is 0 Å². The van der Waals surface area contributed by atoms with Crippen molar-refractivity contribution < 1.29 is 5.11 Å². The van der Waals surface area contributed by atoms with Crippen molar-refractivity contribution in [1.82, 2.24) is 4.90 Å². The van der Waals surface area contributed by atoms with Gasteiger partial charge in [0.2, 0.25) is 0 Å². The van der Waals surface area contributed by atoms with E-state index in [9.17, 15) is 5.11 Å². The van der Waals surface area contributed by atoms with Gasteiger partial charge in [-0.05, 0) is 23.3 Å². The van der Waals surface area contributed by atoms with Crippen molar-refractivity contribution in [3.05, 3.63) is 35.9 Å². The zero-order chi connectivity index (χ0) is 14.0. The van der Waals surface area contributed by atoms with E-state index in [1.54, 1.807) is 0 Å². The first-order valence-electron chi connectivity index (χ1n) is 7.43. The fourth-order valence-electron chi connectivity index (χ4n) is 3.74. The number of piperidine rings is 1. The molecule has 1 aliphatic rings. The molecular formula is C17H27NO. The summed E-state index contributed by atoms with van der Waals surface area (Å²) in [5.74, 6) is 0.955. The summed E-state index contributed by atoms with van der Waals surface area (Å²) in [6.07, 6.45) is 0. The predicted octanol–water partition coefficient (Wildman–Crippen LogP) is 3.16. The highest BCUT2D eigenvalue weighted by molar-refractivity contribution is 5.15. The first kappa shape index (κ1) is 14.5. The SMILES string of the molecule is CC(C)[C@@]1(O)[C@H](C)CN(Cc2ccccc2)C[C@@H]1C. The molecule has 0 amide bonds. The number of hydrogen-bond donors (Lipinski definition) is 1. The molecule has 1 N–H and O–H groups in total. The second-order valence-corrected chi connectivity index (χ2v) is 6.52. The molecule has 0 radical (unpaired) electrons. The molecule has 2 heteroatoms. The summed E-state index contributed by atoms with van der Waals surface area (Å²) in [4.78, 5) is 2.47. The molecule has 2 nitrogen and oxygen atoms in total. The maximum Gasteiger partial charge on any atom is 0.0745 e. The van der Waals surface area contributed by atoms with Crippen LogP contribution in [0.5, 0.6) is 0 Å². The molecule has 0 aliphatic carbocycles. The number of benzene rings is 1. The number of nitrogens with zero attached hydrogens (tertiary/aromatic N) is 1. The van der Waals surface area contributed by atoms with Crippen LogP contribution in [0.3, 0.4) is 0 Å². The standard InChI is InChI=1S/C17H27NO/c1-13(2)17(19)14(3)10-18(11-15(17)4)12-16-8-6-5-7-9-16/h5-9,13-15,19H,10-12H2,1-4H3/t14-,15+,17-. The van der Waals surface area contributed by atoms with Crippen LogP contribution in [0.1, 0.15) is 33.3 Å².